The molecular formula is C46H31N3. The molecule has 9 rings (SSSR count). The molecule has 0 saturated heterocycles. The smallest absolute Gasteiger partial charge is 0.0979 e. The lowest BCUT2D eigenvalue weighted by molar-refractivity contribution is 1.29. The van der Waals surface area contributed by atoms with Gasteiger partial charge in [-0.2, -0.15) is 0 Å². The van der Waals surface area contributed by atoms with Gasteiger partial charge in [0.2, 0.25) is 0 Å². The first-order chi connectivity index (χ1) is 30.1. The Morgan fingerprint density at radius 1 is 0.429 bits per heavy atom. The highest BCUT2D eigenvalue weighted by atomic mass is 15.1. The largest absolute Gasteiger partial charge is 0.310 e. The van der Waals surface area contributed by atoms with Crippen LogP contribution in [0.4, 0.5) is 17.1 Å². The van der Waals surface area contributed by atoms with E-state index in [0.717, 1.165) is 21.4 Å². The van der Waals surface area contributed by atoms with Crippen LogP contribution < -0.4 is 4.90 Å². The van der Waals surface area contributed by atoms with Gasteiger partial charge in [0.15, 0.2) is 0 Å². The van der Waals surface area contributed by atoms with E-state index >= 15 is 0 Å². The minimum atomic E-state index is -0.780. The molecule has 0 aliphatic rings. The van der Waals surface area contributed by atoms with Crippen LogP contribution in [0.2, 0.25) is 0 Å². The van der Waals surface area contributed by atoms with Gasteiger partial charge < -0.3 is 4.90 Å². The zero-order chi connectivity index (χ0) is 44.8. The first-order valence-corrected chi connectivity index (χ1v) is 15.4. The summed E-state index contributed by atoms with van der Waals surface area (Å²) in [6.45, 7) is 0. The summed E-state index contributed by atoms with van der Waals surface area (Å²) < 4.78 is 122. The summed E-state index contributed by atoms with van der Waals surface area (Å²) in [4.78, 5) is 11.5. The quantitative estimate of drug-likeness (QED) is 0.170. The van der Waals surface area contributed by atoms with Crippen LogP contribution in [0, 0.1) is 0 Å². The van der Waals surface area contributed by atoms with Gasteiger partial charge in [-0.05, 0) is 69.7 Å². The number of fused-ring (bicyclic) bond motifs is 5. The number of rotatable bonds is 6. The molecule has 49 heavy (non-hydrogen) atoms. The highest BCUT2D eigenvalue weighted by Gasteiger charge is 2.18. The van der Waals surface area contributed by atoms with E-state index in [1.807, 2.05) is 84.9 Å². The third kappa shape index (κ3) is 5.28. The molecule has 0 radical (unpaired) electrons. The second-order valence-electron chi connectivity index (χ2n) is 11.2. The average Bonchev–Trinajstić information content (AvgIpc) is 3.31. The number of hydrogen-bond donors (Lipinski definition) is 0. The topological polar surface area (TPSA) is 29.0 Å². The fraction of sp³-hybridized carbons (Fsp3) is 0. The predicted octanol–water partition coefficient (Wildman–Crippen LogP) is 12.4. The van der Waals surface area contributed by atoms with Crippen LogP contribution in [0.1, 0.15) is 19.2 Å². The maximum Gasteiger partial charge on any atom is 0.0979 e. The van der Waals surface area contributed by atoms with Gasteiger partial charge in [0.05, 0.1) is 41.6 Å². The molecule has 0 aliphatic heterocycles. The van der Waals surface area contributed by atoms with Crippen LogP contribution in [-0.2, 0) is 0 Å². The number of aromatic nitrogens is 2. The van der Waals surface area contributed by atoms with E-state index in [4.69, 9.17) is 23.7 Å². The van der Waals surface area contributed by atoms with Crippen molar-refractivity contribution in [1.29, 1.82) is 0 Å². The van der Waals surface area contributed by atoms with Crippen molar-refractivity contribution in [3.8, 4) is 33.6 Å². The first kappa shape index (κ1) is 17.5. The maximum absolute atomic E-state index is 9.37. The molecule has 230 valence electrons. The molecule has 0 aliphatic carbocycles. The highest BCUT2D eigenvalue weighted by Crippen LogP contribution is 2.40. The standard InChI is InChI=1S/C46H31N3/c1-5-13-32(14-6-1)33-23-27-39(28-24-33)49(38-19-11-4-12-20-38)40-29-25-34-21-22-35-26-30-42-46(43(35)41(34)31-40)48-45(37-17-9-3-10-18-37)44(47-42)36-15-7-2-8-16-36/h1-31H/i1D,4D,5D,6D,11D,12D,13D,14D,19D,20D,23D,24D,27D,28D. The third-order valence-electron chi connectivity index (χ3n) is 8.27. The van der Waals surface area contributed by atoms with Crippen molar-refractivity contribution in [3.05, 3.63) is 188 Å². The number of para-hydroxylation sites is 1. The Kier molecular flexibility index (Phi) is 4.37. The summed E-state index contributed by atoms with van der Waals surface area (Å²) in [5, 5.41) is 2.73. The van der Waals surface area contributed by atoms with Gasteiger partial charge >= 0.3 is 0 Å². The molecule has 1 heterocycles. The van der Waals surface area contributed by atoms with Crippen LogP contribution >= 0.6 is 0 Å². The van der Waals surface area contributed by atoms with Gasteiger partial charge in [0, 0.05) is 33.6 Å². The lowest BCUT2D eigenvalue weighted by Crippen LogP contribution is -2.09. The van der Waals surface area contributed by atoms with E-state index in [9.17, 15) is 5.48 Å². The molecule has 0 spiro atoms. The number of benzene rings is 8. The fourth-order valence-corrected chi connectivity index (χ4v) is 6.02. The predicted molar refractivity (Wildman–Crippen MR) is 206 cm³/mol. The van der Waals surface area contributed by atoms with Crippen LogP contribution in [0.25, 0.3) is 66.2 Å². The van der Waals surface area contributed by atoms with Crippen LogP contribution in [0.5, 0.6) is 0 Å². The number of anilines is 3. The minimum absolute atomic E-state index is 0.0963. The molecule has 0 amide bonds. The SMILES string of the molecule is [2H]c1c([2H])c([2H])c(-c2c([2H])c([2H])c(N(c3ccc4ccc5ccc6nc(-c7ccccc7)c(-c7ccccc7)nc6c5c4c3)c3c([2H])c([2H])c([2H])c([2H])c3[2H])c([2H])c2[2H])c([2H])c1[2H]. The Balaban J connectivity index is 1.38. The lowest BCUT2D eigenvalue weighted by Gasteiger charge is -2.26. The molecular weight excluding hydrogens is 595 g/mol. The zero-order valence-electron chi connectivity index (χ0n) is 39.7. The van der Waals surface area contributed by atoms with Crippen molar-refractivity contribution < 1.29 is 19.2 Å². The minimum Gasteiger partial charge on any atom is -0.310 e. The normalized spacial score (nSPS) is 15.3. The first-order valence-electron chi connectivity index (χ1n) is 22.4. The lowest BCUT2D eigenvalue weighted by atomic mass is 9.98. The van der Waals surface area contributed by atoms with Crippen molar-refractivity contribution in [3.63, 3.8) is 0 Å². The molecule has 1 aromatic heterocycles. The second kappa shape index (κ2) is 12.2. The molecule has 0 fully saturated rings. The van der Waals surface area contributed by atoms with E-state index < -0.39 is 107 Å². The molecule has 0 unspecified atom stereocenters. The number of hydrogen-bond acceptors (Lipinski definition) is 3. The van der Waals surface area contributed by atoms with Crippen LogP contribution in [-0.4, -0.2) is 9.97 Å². The Hall–Kier alpha value is -6.58. The van der Waals surface area contributed by atoms with Crippen molar-refractivity contribution in [2.24, 2.45) is 0 Å². The van der Waals surface area contributed by atoms with E-state index in [-0.39, 0.29) is 5.69 Å². The fourth-order valence-electron chi connectivity index (χ4n) is 6.02. The molecule has 0 bridgehead atoms. The Morgan fingerprint density at radius 3 is 1.67 bits per heavy atom. The van der Waals surface area contributed by atoms with E-state index in [2.05, 4.69) is 0 Å². The highest BCUT2D eigenvalue weighted by molar-refractivity contribution is 6.19. The Morgan fingerprint density at radius 2 is 0.980 bits per heavy atom. The summed E-state index contributed by atoms with van der Waals surface area (Å²) in [5.41, 5.74) is 2.09. The van der Waals surface area contributed by atoms with Crippen molar-refractivity contribution in [1.82, 2.24) is 9.97 Å². The van der Waals surface area contributed by atoms with Crippen LogP contribution in [0.15, 0.2) is 188 Å². The van der Waals surface area contributed by atoms with Gasteiger partial charge in [-0.15, -0.1) is 0 Å². The van der Waals surface area contributed by atoms with Crippen molar-refractivity contribution in [2.75, 3.05) is 4.90 Å². The molecule has 3 heteroatoms. The molecule has 3 nitrogen and oxygen atoms in total. The van der Waals surface area contributed by atoms with Gasteiger partial charge in [-0.3, -0.25) is 0 Å². The molecule has 8 aromatic carbocycles. The molecule has 0 saturated carbocycles. The maximum atomic E-state index is 9.37. The Bertz CT molecular complexity index is 3310. The van der Waals surface area contributed by atoms with Gasteiger partial charge in [-0.1, -0.05) is 145 Å². The molecule has 0 atom stereocenters. The van der Waals surface area contributed by atoms with E-state index in [0.29, 0.717) is 38.6 Å². The molecule has 9 aromatic rings. The van der Waals surface area contributed by atoms with Crippen LogP contribution in [0.3, 0.4) is 0 Å². The summed E-state index contributed by atoms with van der Waals surface area (Å²) in [6.07, 6.45) is 0. The third-order valence-corrected chi connectivity index (χ3v) is 8.27. The molecule has 0 N–H and O–H groups in total. The average molecular weight is 640 g/mol. The summed E-state index contributed by atoms with van der Waals surface area (Å²) in [6, 6.07) is 21.7. The number of nitrogens with zero attached hydrogens (tertiary/aromatic N) is 3. The van der Waals surface area contributed by atoms with Gasteiger partial charge in [-0.25, -0.2) is 9.97 Å². The van der Waals surface area contributed by atoms with E-state index in [1.54, 1.807) is 18.2 Å². The second-order valence-corrected chi connectivity index (χ2v) is 11.2. The van der Waals surface area contributed by atoms with Crippen molar-refractivity contribution in [2.45, 2.75) is 0 Å². The summed E-state index contributed by atoms with van der Waals surface area (Å²) in [5.74, 6) is 0. The Labute approximate surface area is 305 Å². The summed E-state index contributed by atoms with van der Waals surface area (Å²) >= 11 is 0. The van der Waals surface area contributed by atoms with E-state index in [1.165, 1.54) is 0 Å². The summed E-state index contributed by atoms with van der Waals surface area (Å²) in [7, 11) is 0. The van der Waals surface area contributed by atoms with Gasteiger partial charge in [0.25, 0.3) is 0 Å². The zero-order valence-corrected chi connectivity index (χ0v) is 25.7. The van der Waals surface area contributed by atoms with Crippen molar-refractivity contribution >= 4 is 49.6 Å². The monoisotopic (exact) mass is 639 g/mol. The van der Waals surface area contributed by atoms with Gasteiger partial charge in [0.1, 0.15) is 0 Å².